The van der Waals surface area contributed by atoms with E-state index < -0.39 is 23.1 Å². The number of halogens is 4. The average Bonchev–Trinajstić information content (AvgIpc) is 2.24. The van der Waals surface area contributed by atoms with Crippen molar-refractivity contribution in [3.8, 4) is 0 Å². The minimum absolute atomic E-state index is 0.402. The highest BCUT2D eigenvalue weighted by Crippen LogP contribution is 2.32. The first kappa shape index (κ1) is 14.8. The lowest BCUT2D eigenvalue weighted by molar-refractivity contribution is -0.137. The van der Waals surface area contributed by atoms with E-state index in [0.717, 1.165) is 12.1 Å². The second kappa shape index (κ2) is 5.18. The molecule has 1 rings (SSSR count). The molecule has 100 valence electrons. The van der Waals surface area contributed by atoms with Gasteiger partial charge in [0.25, 0.3) is 0 Å². The summed E-state index contributed by atoms with van der Waals surface area (Å²) in [5, 5.41) is -0.711. The van der Waals surface area contributed by atoms with Crippen LogP contribution in [0, 0.1) is 6.92 Å². The van der Waals surface area contributed by atoms with E-state index in [1.807, 2.05) is 0 Å². The molecule has 2 nitrogen and oxygen atoms in total. The first-order valence-corrected chi connectivity index (χ1v) is 5.62. The summed E-state index contributed by atoms with van der Waals surface area (Å²) >= 11 is 5.31. The predicted molar refractivity (Wildman–Crippen MR) is 63.6 cm³/mol. The van der Waals surface area contributed by atoms with Crippen LogP contribution in [0.25, 0.3) is 0 Å². The first-order chi connectivity index (χ1) is 8.12. The predicted octanol–water partition coefficient (Wildman–Crippen LogP) is 4.37. The van der Waals surface area contributed by atoms with Gasteiger partial charge in [0.15, 0.2) is 0 Å². The van der Waals surface area contributed by atoms with Gasteiger partial charge in [-0.15, -0.1) is 0 Å². The molecular formula is C12H13ClF3NO. The number of benzene rings is 1. The third kappa shape index (κ3) is 3.38. The minimum atomic E-state index is -4.40. The summed E-state index contributed by atoms with van der Waals surface area (Å²) in [6.07, 6.45) is -4.40. The van der Waals surface area contributed by atoms with E-state index in [1.54, 1.807) is 19.9 Å². The minimum Gasteiger partial charge on any atom is -0.326 e. The molecule has 1 atom stereocenters. The van der Waals surface area contributed by atoms with Gasteiger partial charge in [-0.25, -0.2) is 0 Å². The Morgan fingerprint density at radius 1 is 1.33 bits per heavy atom. The van der Waals surface area contributed by atoms with Crippen molar-refractivity contribution in [2.45, 2.75) is 26.1 Å². The van der Waals surface area contributed by atoms with E-state index in [9.17, 15) is 18.0 Å². The summed E-state index contributed by atoms with van der Waals surface area (Å²) in [6.45, 7) is 3.20. The molecule has 0 spiro atoms. The smallest absolute Gasteiger partial charge is 0.326 e. The molecule has 0 bridgehead atoms. The highest BCUT2D eigenvalue weighted by atomic mass is 35.5. The largest absolute Gasteiger partial charge is 0.416 e. The maximum Gasteiger partial charge on any atom is 0.416 e. The van der Waals surface area contributed by atoms with Crippen molar-refractivity contribution < 1.29 is 18.0 Å². The van der Waals surface area contributed by atoms with Gasteiger partial charge < -0.3 is 4.90 Å². The number of carbonyl (C=O) groups excluding carboxylic acids is 1. The van der Waals surface area contributed by atoms with E-state index in [1.165, 1.54) is 11.9 Å². The highest BCUT2D eigenvalue weighted by Gasteiger charge is 2.31. The Labute approximate surface area is 108 Å². The zero-order valence-corrected chi connectivity index (χ0v) is 10.9. The number of amides is 1. The van der Waals surface area contributed by atoms with Crippen LogP contribution < -0.4 is 0 Å². The van der Waals surface area contributed by atoms with E-state index in [4.69, 9.17) is 11.6 Å². The Bertz CT molecular complexity index is 459. The fourth-order valence-electron chi connectivity index (χ4n) is 1.59. The molecule has 1 aromatic carbocycles. The molecule has 6 heteroatoms. The quantitative estimate of drug-likeness (QED) is 0.582. The normalized spacial score (nSPS) is 13.3. The molecule has 1 amide bonds. The van der Waals surface area contributed by atoms with Crippen molar-refractivity contribution in [1.82, 2.24) is 4.90 Å². The molecule has 0 heterocycles. The number of hydrogen-bond acceptors (Lipinski definition) is 1. The second-order valence-electron chi connectivity index (χ2n) is 4.17. The van der Waals surface area contributed by atoms with Gasteiger partial charge in [0.1, 0.15) is 0 Å². The fraction of sp³-hybridized carbons (Fsp3) is 0.417. The van der Waals surface area contributed by atoms with Gasteiger partial charge in [-0.2, -0.15) is 13.2 Å². The Hall–Kier alpha value is -1.23. The van der Waals surface area contributed by atoms with Gasteiger partial charge in [0.05, 0.1) is 11.6 Å². The number of aryl methyl sites for hydroxylation is 1. The summed E-state index contributed by atoms with van der Waals surface area (Å²) in [5.41, 5.74) is 0.167. The zero-order valence-electron chi connectivity index (χ0n) is 10.2. The molecule has 0 saturated heterocycles. The average molecular weight is 280 g/mol. The van der Waals surface area contributed by atoms with Crippen LogP contribution in [0.3, 0.4) is 0 Å². The lowest BCUT2D eigenvalue weighted by atomic mass is 10.0. The van der Waals surface area contributed by atoms with Crippen LogP contribution in [-0.2, 0) is 6.18 Å². The number of rotatable bonds is 2. The highest BCUT2D eigenvalue weighted by molar-refractivity contribution is 6.62. The summed E-state index contributed by atoms with van der Waals surface area (Å²) in [4.78, 5) is 12.2. The van der Waals surface area contributed by atoms with E-state index in [0.29, 0.717) is 11.1 Å². The van der Waals surface area contributed by atoms with Crippen molar-refractivity contribution >= 4 is 17.0 Å². The van der Waals surface area contributed by atoms with Crippen molar-refractivity contribution in [3.05, 3.63) is 34.9 Å². The van der Waals surface area contributed by atoms with Gasteiger partial charge in [-0.05, 0) is 43.1 Å². The molecule has 0 saturated carbocycles. The van der Waals surface area contributed by atoms with Crippen LogP contribution in [0.15, 0.2) is 18.2 Å². The lowest BCUT2D eigenvalue weighted by Crippen LogP contribution is -2.25. The van der Waals surface area contributed by atoms with Gasteiger partial charge in [0, 0.05) is 7.05 Å². The Kier molecular flexibility index (Phi) is 4.27. The molecule has 0 N–H and O–H groups in total. The molecule has 0 radical (unpaired) electrons. The fourth-order valence-corrected chi connectivity index (χ4v) is 1.74. The second-order valence-corrected chi connectivity index (χ2v) is 4.49. The van der Waals surface area contributed by atoms with Crippen molar-refractivity contribution in [2.24, 2.45) is 0 Å². The van der Waals surface area contributed by atoms with Gasteiger partial charge in [-0.1, -0.05) is 11.6 Å². The molecule has 18 heavy (non-hydrogen) atoms. The number of nitrogens with zero attached hydrogens (tertiary/aromatic N) is 1. The van der Waals surface area contributed by atoms with Crippen molar-refractivity contribution in [1.29, 1.82) is 0 Å². The Balaban J connectivity index is 3.18. The van der Waals surface area contributed by atoms with E-state index in [-0.39, 0.29) is 0 Å². The van der Waals surface area contributed by atoms with Crippen LogP contribution in [0.2, 0.25) is 0 Å². The summed E-state index contributed by atoms with van der Waals surface area (Å²) in [5.74, 6) is 0. The zero-order chi connectivity index (χ0) is 14.1. The lowest BCUT2D eigenvalue weighted by Gasteiger charge is -2.24. The Morgan fingerprint density at radius 2 is 1.89 bits per heavy atom. The topological polar surface area (TPSA) is 20.3 Å². The molecular weight excluding hydrogens is 267 g/mol. The van der Waals surface area contributed by atoms with E-state index in [2.05, 4.69) is 0 Å². The van der Waals surface area contributed by atoms with Gasteiger partial charge in [-0.3, -0.25) is 4.79 Å². The number of hydrogen-bond donors (Lipinski definition) is 0. The van der Waals surface area contributed by atoms with Crippen LogP contribution in [0.1, 0.15) is 29.7 Å². The van der Waals surface area contributed by atoms with Crippen LogP contribution >= 0.6 is 11.6 Å². The summed E-state index contributed by atoms with van der Waals surface area (Å²) in [7, 11) is 1.44. The third-order valence-electron chi connectivity index (χ3n) is 2.77. The molecule has 1 aromatic rings. The molecule has 0 aliphatic rings. The standard InChI is InChI=1S/C12H13ClF3NO/c1-7-4-9(8(2)17(3)11(13)18)6-10(5-7)12(14,15)16/h4-6,8H,1-3H3/t8-/m1/s1. The maximum absolute atomic E-state index is 12.7. The van der Waals surface area contributed by atoms with Gasteiger partial charge >= 0.3 is 11.5 Å². The first-order valence-electron chi connectivity index (χ1n) is 5.24. The monoisotopic (exact) mass is 279 g/mol. The van der Waals surface area contributed by atoms with Gasteiger partial charge in [0.2, 0.25) is 0 Å². The molecule has 0 aliphatic carbocycles. The van der Waals surface area contributed by atoms with Crippen LogP contribution in [0.5, 0.6) is 0 Å². The molecule has 0 aliphatic heterocycles. The summed E-state index contributed by atoms with van der Waals surface area (Å²) in [6, 6.07) is 3.19. The third-order valence-corrected chi connectivity index (χ3v) is 3.03. The molecule has 0 aromatic heterocycles. The van der Waals surface area contributed by atoms with E-state index >= 15 is 0 Å². The van der Waals surface area contributed by atoms with Crippen LogP contribution in [0.4, 0.5) is 18.0 Å². The van der Waals surface area contributed by atoms with Crippen molar-refractivity contribution in [2.75, 3.05) is 7.05 Å². The number of carbonyl (C=O) groups is 1. The van der Waals surface area contributed by atoms with Crippen molar-refractivity contribution in [3.63, 3.8) is 0 Å². The SMILES string of the molecule is Cc1cc([C@@H](C)N(C)C(=O)Cl)cc(C(F)(F)F)c1. The number of alkyl halides is 3. The Morgan fingerprint density at radius 3 is 2.33 bits per heavy atom. The molecule has 0 fully saturated rings. The molecule has 0 unspecified atom stereocenters. The maximum atomic E-state index is 12.7. The van der Waals surface area contributed by atoms with Crippen LogP contribution in [-0.4, -0.2) is 17.3 Å². The summed E-state index contributed by atoms with van der Waals surface area (Å²) < 4.78 is 38.0.